The molecular formula is C15H17ClN2OS. The van der Waals surface area contributed by atoms with E-state index in [9.17, 15) is 4.79 Å². The molecule has 20 heavy (non-hydrogen) atoms. The number of nitriles is 1. The molecular weight excluding hydrogens is 292 g/mol. The number of carbonyl (C=O) groups excluding carboxylic acids is 1. The second kappa shape index (κ2) is 7.56. The van der Waals surface area contributed by atoms with Crippen molar-refractivity contribution in [2.75, 3.05) is 12.3 Å². The lowest BCUT2D eigenvalue weighted by Crippen LogP contribution is -2.33. The van der Waals surface area contributed by atoms with E-state index in [0.717, 1.165) is 30.0 Å². The Kier molecular flexibility index (Phi) is 5.75. The zero-order valence-electron chi connectivity index (χ0n) is 11.1. The summed E-state index contributed by atoms with van der Waals surface area (Å²) in [5, 5.41) is 11.9. The maximum atomic E-state index is 12.0. The molecule has 0 heterocycles. The minimum atomic E-state index is 0.0331. The van der Waals surface area contributed by atoms with Crippen LogP contribution in [-0.2, 0) is 4.79 Å². The molecule has 0 unspecified atom stereocenters. The maximum Gasteiger partial charge on any atom is 0.224 e. The van der Waals surface area contributed by atoms with Crippen molar-refractivity contribution in [1.82, 2.24) is 5.32 Å². The van der Waals surface area contributed by atoms with Gasteiger partial charge in [-0.3, -0.25) is 4.79 Å². The first-order valence-electron chi connectivity index (χ1n) is 6.73. The van der Waals surface area contributed by atoms with Gasteiger partial charge in [0.1, 0.15) is 6.54 Å². The molecule has 0 radical (unpaired) electrons. The van der Waals surface area contributed by atoms with E-state index in [1.54, 1.807) is 11.8 Å². The van der Waals surface area contributed by atoms with Crippen molar-refractivity contribution in [1.29, 1.82) is 5.26 Å². The summed E-state index contributed by atoms with van der Waals surface area (Å²) in [7, 11) is 0. The van der Waals surface area contributed by atoms with Crippen molar-refractivity contribution in [2.45, 2.75) is 24.2 Å². The summed E-state index contributed by atoms with van der Waals surface area (Å²) >= 11 is 7.63. The minimum absolute atomic E-state index is 0.0331. The molecule has 1 N–H and O–H groups in total. The molecule has 2 rings (SSSR count). The van der Waals surface area contributed by atoms with Crippen molar-refractivity contribution in [2.24, 2.45) is 11.8 Å². The highest BCUT2D eigenvalue weighted by Crippen LogP contribution is 2.36. The van der Waals surface area contributed by atoms with Gasteiger partial charge in [-0.25, -0.2) is 0 Å². The Morgan fingerprint density at radius 3 is 2.85 bits per heavy atom. The molecule has 0 aliphatic heterocycles. The van der Waals surface area contributed by atoms with Gasteiger partial charge in [-0.05, 0) is 43.0 Å². The molecule has 0 spiro atoms. The molecule has 3 nitrogen and oxygen atoms in total. The average molecular weight is 309 g/mol. The van der Waals surface area contributed by atoms with Crippen molar-refractivity contribution < 1.29 is 4.79 Å². The Hall–Kier alpha value is -1.18. The van der Waals surface area contributed by atoms with Gasteiger partial charge in [0.2, 0.25) is 5.91 Å². The van der Waals surface area contributed by atoms with Gasteiger partial charge in [0.25, 0.3) is 0 Å². The molecule has 0 aromatic heterocycles. The standard InChI is InChI=1S/C15H17ClN2OS/c16-12-4-6-13(7-5-12)20-10-11-2-1-3-14(11)15(19)18-9-8-17/h4-7,11,14H,1-3,9-10H2,(H,18,19)/t11-,14+/m1/s1. The Morgan fingerprint density at radius 1 is 1.40 bits per heavy atom. The molecule has 1 saturated carbocycles. The average Bonchev–Trinajstić information content (AvgIpc) is 2.92. The first-order valence-corrected chi connectivity index (χ1v) is 8.10. The summed E-state index contributed by atoms with van der Waals surface area (Å²) in [6.07, 6.45) is 3.12. The van der Waals surface area contributed by atoms with Gasteiger partial charge in [0.15, 0.2) is 0 Å². The number of amides is 1. The van der Waals surface area contributed by atoms with Gasteiger partial charge < -0.3 is 5.32 Å². The van der Waals surface area contributed by atoms with Crippen LogP contribution in [0, 0.1) is 23.2 Å². The van der Waals surface area contributed by atoms with E-state index < -0.39 is 0 Å². The normalized spacial score (nSPS) is 21.4. The summed E-state index contributed by atoms with van der Waals surface area (Å²) in [4.78, 5) is 13.2. The summed E-state index contributed by atoms with van der Waals surface area (Å²) < 4.78 is 0. The van der Waals surface area contributed by atoms with Gasteiger partial charge in [-0.2, -0.15) is 5.26 Å². The van der Waals surface area contributed by atoms with Crippen molar-refractivity contribution in [3.63, 3.8) is 0 Å². The monoisotopic (exact) mass is 308 g/mol. The number of nitrogens with zero attached hydrogens (tertiary/aromatic N) is 1. The first kappa shape index (κ1) is 15.2. The van der Waals surface area contributed by atoms with Crippen molar-refractivity contribution in [3.05, 3.63) is 29.3 Å². The third-order valence-corrected chi connectivity index (χ3v) is 5.07. The van der Waals surface area contributed by atoms with Crippen LogP contribution in [0.15, 0.2) is 29.2 Å². The van der Waals surface area contributed by atoms with Crippen LogP contribution in [0.25, 0.3) is 0 Å². The van der Waals surface area contributed by atoms with Crippen LogP contribution in [0.1, 0.15) is 19.3 Å². The fourth-order valence-electron chi connectivity index (χ4n) is 2.57. The zero-order valence-corrected chi connectivity index (χ0v) is 12.7. The van der Waals surface area contributed by atoms with Crippen LogP contribution in [0.5, 0.6) is 0 Å². The van der Waals surface area contributed by atoms with E-state index in [1.807, 2.05) is 30.3 Å². The van der Waals surface area contributed by atoms with Crippen LogP contribution in [0.2, 0.25) is 5.02 Å². The van der Waals surface area contributed by atoms with E-state index in [4.69, 9.17) is 16.9 Å². The first-order chi connectivity index (χ1) is 9.70. The maximum absolute atomic E-state index is 12.0. The Bertz CT molecular complexity index is 498. The Morgan fingerprint density at radius 2 is 2.15 bits per heavy atom. The van der Waals surface area contributed by atoms with Gasteiger partial charge >= 0.3 is 0 Å². The lowest BCUT2D eigenvalue weighted by molar-refractivity contribution is -0.125. The van der Waals surface area contributed by atoms with Gasteiger partial charge in [0, 0.05) is 21.6 Å². The van der Waals surface area contributed by atoms with Crippen LogP contribution in [-0.4, -0.2) is 18.2 Å². The molecule has 1 amide bonds. The Labute approximate surface area is 128 Å². The van der Waals surface area contributed by atoms with Gasteiger partial charge in [0.05, 0.1) is 6.07 Å². The van der Waals surface area contributed by atoms with Gasteiger partial charge in [-0.1, -0.05) is 18.0 Å². The number of benzene rings is 1. The molecule has 106 valence electrons. The second-order valence-corrected chi connectivity index (χ2v) is 6.47. The molecule has 0 bridgehead atoms. The summed E-state index contributed by atoms with van der Waals surface area (Å²) in [6, 6.07) is 9.73. The largest absolute Gasteiger partial charge is 0.343 e. The molecule has 1 fully saturated rings. The van der Waals surface area contributed by atoms with E-state index >= 15 is 0 Å². The number of thioether (sulfide) groups is 1. The third-order valence-electron chi connectivity index (χ3n) is 3.62. The summed E-state index contributed by atoms with van der Waals surface area (Å²) in [5.41, 5.74) is 0. The van der Waals surface area contributed by atoms with Crippen LogP contribution >= 0.6 is 23.4 Å². The number of rotatable bonds is 5. The fourth-order valence-corrected chi connectivity index (χ4v) is 3.83. The zero-order chi connectivity index (χ0) is 14.4. The van der Waals surface area contributed by atoms with Gasteiger partial charge in [-0.15, -0.1) is 11.8 Å². The minimum Gasteiger partial charge on any atom is -0.343 e. The molecule has 1 aromatic carbocycles. The highest BCUT2D eigenvalue weighted by molar-refractivity contribution is 7.99. The SMILES string of the molecule is N#CCNC(=O)[C@H]1CCC[C@@H]1CSc1ccc(Cl)cc1. The molecule has 5 heteroatoms. The second-order valence-electron chi connectivity index (χ2n) is 4.94. The predicted molar refractivity (Wildman–Crippen MR) is 81.6 cm³/mol. The lowest BCUT2D eigenvalue weighted by atomic mass is 9.97. The lowest BCUT2D eigenvalue weighted by Gasteiger charge is -2.18. The smallest absolute Gasteiger partial charge is 0.224 e. The van der Waals surface area contributed by atoms with E-state index in [1.165, 1.54) is 4.90 Å². The topological polar surface area (TPSA) is 52.9 Å². The van der Waals surface area contributed by atoms with E-state index in [0.29, 0.717) is 5.92 Å². The van der Waals surface area contributed by atoms with Crippen LogP contribution in [0.4, 0.5) is 0 Å². The number of halogens is 1. The number of carbonyl (C=O) groups is 1. The third kappa shape index (κ3) is 4.16. The number of nitrogens with one attached hydrogen (secondary N) is 1. The highest BCUT2D eigenvalue weighted by Gasteiger charge is 2.32. The predicted octanol–water partition coefficient (Wildman–Crippen LogP) is 3.49. The number of hydrogen-bond acceptors (Lipinski definition) is 3. The molecule has 1 aliphatic rings. The fraction of sp³-hybridized carbons (Fsp3) is 0.467. The number of hydrogen-bond donors (Lipinski definition) is 1. The Balaban J connectivity index is 1.86. The summed E-state index contributed by atoms with van der Waals surface area (Å²) in [5.74, 6) is 1.43. The van der Waals surface area contributed by atoms with Crippen LogP contribution < -0.4 is 5.32 Å². The van der Waals surface area contributed by atoms with Crippen LogP contribution in [0.3, 0.4) is 0 Å². The molecule has 1 aliphatic carbocycles. The molecule has 0 saturated heterocycles. The van der Waals surface area contributed by atoms with Crippen molar-refractivity contribution >= 4 is 29.3 Å². The van der Waals surface area contributed by atoms with E-state index in [-0.39, 0.29) is 18.4 Å². The molecule has 2 atom stereocenters. The van der Waals surface area contributed by atoms with Crippen molar-refractivity contribution in [3.8, 4) is 6.07 Å². The quantitative estimate of drug-likeness (QED) is 0.669. The highest BCUT2D eigenvalue weighted by atomic mass is 35.5. The molecule has 1 aromatic rings. The summed E-state index contributed by atoms with van der Waals surface area (Å²) in [6.45, 7) is 0.104. The van der Waals surface area contributed by atoms with E-state index in [2.05, 4.69) is 5.32 Å².